The molecule has 27 heavy (non-hydrogen) atoms. The summed E-state index contributed by atoms with van der Waals surface area (Å²) in [7, 11) is 1.66. The maximum Gasteiger partial charge on any atom is 0.237 e. The topological polar surface area (TPSA) is 45.7 Å². The Bertz CT molecular complexity index is 952. The Balaban J connectivity index is 1.42. The predicted octanol–water partition coefficient (Wildman–Crippen LogP) is 3.09. The average molecular weight is 361 g/mol. The van der Waals surface area contributed by atoms with Crippen LogP contribution in [0.15, 0.2) is 60.8 Å². The third kappa shape index (κ3) is 3.93. The zero-order valence-corrected chi connectivity index (χ0v) is 15.5. The summed E-state index contributed by atoms with van der Waals surface area (Å²) in [5, 5.41) is 1.16. The normalized spacial score (nSPS) is 15.3. The number of nitrogens with zero attached hydrogens (tertiary/aromatic N) is 3. The van der Waals surface area contributed by atoms with E-state index in [0.29, 0.717) is 13.1 Å². The van der Waals surface area contributed by atoms with Gasteiger partial charge < -0.3 is 9.64 Å². The van der Waals surface area contributed by atoms with Gasteiger partial charge >= 0.3 is 0 Å². The third-order valence-electron chi connectivity index (χ3n) is 5.04. The van der Waals surface area contributed by atoms with Crippen LogP contribution in [0.5, 0.6) is 5.75 Å². The van der Waals surface area contributed by atoms with E-state index in [0.717, 1.165) is 41.9 Å². The first-order valence-corrected chi connectivity index (χ1v) is 9.18. The Morgan fingerprint density at radius 1 is 1.04 bits per heavy atom. The van der Waals surface area contributed by atoms with E-state index >= 15 is 0 Å². The fourth-order valence-electron chi connectivity index (χ4n) is 3.58. The number of para-hydroxylation sites is 1. The van der Waals surface area contributed by atoms with Crippen LogP contribution in [0.1, 0.15) is 11.1 Å². The molecule has 0 atom stereocenters. The van der Waals surface area contributed by atoms with E-state index in [4.69, 9.17) is 4.74 Å². The monoisotopic (exact) mass is 361 g/mol. The van der Waals surface area contributed by atoms with Gasteiger partial charge in [-0.15, -0.1) is 0 Å². The molecule has 2 aromatic carbocycles. The summed E-state index contributed by atoms with van der Waals surface area (Å²) >= 11 is 0. The maximum absolute atomic E-state index is 12.7. The summed E-state index contributed by atoms with van der Waals surface area (Å²) < 4.78 is 5.27. The lowest BCUT2D eigenvalue weighted by atomic mass is 10.1. The molecule has 0 saturated carbocycles. The van der Waals surface area contributed by atoms with Gasteiger partial charge in [0.15, 0.2) is 0 Å². The van der Waals surface area contributed by atoms with Crippen LogP contribution in [0.25, 0.3) is 10.9 Å². The fraction of sp³-hybridized carbons (Fsp3) is 0.273. The first-order chi connectivity index (χ1) is 13.2. The summed E-state index contributed by atoms with van der Waals surface area (Å²) in [6.45, 7) is 3.44. The van der Waals surface area contributed by atoms with Crippen molar-refractivity contribution >= 4 is 16.8 Å². The number of piperazine rings is 1. The molecule has 5 nitrogen and oxygen atoms in total. The Kier molecular flexibility index (Phi) is 5.03. The molecule has 0 N–H and O–H groups in total. The molecule has 1 fully saturated rings. The second-order valence-electron chi connectivity index (χ2n) is 6.86. The van der Waals surface area contributed by atoms with Crippen LogP contribution < -0.4 is 4.74 Å². The highest BCUT2D eigenvalue weighted by molar-refractivity contribution is 5.82. The van der Waals surface area contributed by atoms with E-state index in [2.05, 4.69) is 22.0 Å². The number of carbonyl (C=O) groups is 1. The summed E-state index contributed by atoms with van der Waals surface area (Å²) in [4.78, 5) is 21.2. The summed E-state index contributed by atoms with van der Waals surface area (Å²) in [5.41, 5.74) is 3.31. The van der Waals surface area contributed by atoms with Crippen molar-refractivity contribution in [2.75, 3.05) is 26.7 Å². The Labute approximate surface area is 159 Å². The minimum absolute atomic E-state index is 0.169. The van der Waals surface area contributed by atoms with Crippen LogP contribution in [0, 0.1) is 0 Å². The lowest BCUT2D eigenvalue weighted by Crippen LogP contribution is -2.49. The second-order valence-corrected chi connectivity index (χ2v) is 6.86. The first-order valence-electron chi connectivity index (χ1n) is 9.18. The molecule has 0 spiro atoms. The van der Waals surface area contributed by atoms with Crippen molar-refractivity contribution in [3.63, 3.8) is 0 Å². The minimum atomic E-state index is 0.169. The smallest absolute Gasteiger partial charge is 0.237 e. The lowest BCUT2D eigenvalue weighted by molar-refractivity contribution is -0.136. The first kappa shape index (κ1) is 17.5. The van der Waals surface area contributed by atoms with Crippen LogP contribution in [0.4, 0.5) is 0 Å². The molecule has 0 aliphatic carbocycles. The molecule has 4 rings (SSSR count). The molecule has 0 radical (unpaired) electrons. The highest BCUT2D eigenvalue weighted by Gasteiger charge is 2.24. The molecular formula is C22H23N3O2. The number of aromatic nitrogens is 1. The molecule has 5 heteroatoms. The van der Waals surface area contributed by atoms with Crippen molar-refractivity contribution in [1.29, 1.82) is 0 Å². The maximum atomic E-state index is 12.7. The van der Waals surface area contributed by atoms with Gasteiger partial charge in [-0.1, -0.05) is 30.3 Å². The molecule has 2 heterocycles. The van der Waals surface area contributed by atoms with Gasteiger partial charge in [-0.25, -0.2) is 0 Å². The highest BCUT2D eigenvalue weighted by atomic mass is 16.5. The highest BCUT2D eigenvalue weighted by Crippen LogP contribution is 2.20. The molecule has 0 bridgehead atoms. The molecule has 1 aromatic heterocycles. The number of methoxy groups -OCH3 is 1. The fourth-order valence-corrected chi connectivity index (χ4v) is 3.58. The van der Waals surface area contributed by atoms with Crippen LogP contribution in [-0.4, -0.2) is 47.4 Å². The SMILES string of the molecule is COc1cccc(CN2CCN(Cc3ccnc4ccccc34)CC2=O)c1. The molecule has 1 aliphatic heterocycles. The number of hydrogen-bond donors (Lipinski definition) is 0. The largest absolute Gasteiger partial charge is 0.497 e. The number of pyridine rings is 1. The van der Waals surface area contributed by atoms with Crippen LogP contribution in [0.2, 0.25) is 0 Å². The number of hydrogen-bond acceptors (Lipinski definition) is 4. The van der Waals surface area contributed by atoms with E-state index in [9.17, 15) is 4.79 Å². The van der Waals surface area contributed by atoms with Gasteiger partial charge in [0.05, 0.1) is 19.2 Å². The molecule has 0 unspecified atom stereocenters. The molecular weight excluding hydrogens is 338 g/mol. The zero-order chi connectivity index (χ0) is 18.6. The van der Waals surface area contributed by atoms with E-state index in [1.165, 1.54) is 5.56 Å². The van der Waals surface area contributed by atoms with Crippen molar-refractivity contribution < 1.29 is 9.53 Å². The van der Waals surface area contributed by atoms with Crippen LogP contribution in [0.3, 0.4) is 0 Å². The molecule has 1 saturated heterocycles. The van der Waals surface area contributed by atoms with Crippen LogP contribution >= 0.6 is 0 Å². The van der Waals surface area contributed by atoms with Gasteiger partial charge in [0.25, 0.3) is 0 Å². The zero-order valence-electron chi connectivity index (χ0n) is 15.5. The molecule has 3 aromatic rings. The van der Waals surface area contributed by atoms with Gasteiger partial charge in [0.2, 0.25) is 5.91 Å². The van der Waals surface area contributed by atoms with E-state index < -0.39 is 0 Å². The van der Waals surface area contributed by atoms with Crippen molar-refractivity contribution in [3.8, 4) is 5.75 Å². The van der Waals surface area contributed by atoms with Gasteiger partial charge in [0, 0.05) is 37.8 Å². The van der Waals surface area contributed by atoms with Crippen LogP contribution in [-0.2, 0) is 17.9 Å². The predicted molar refractivity (Wildman–Crippen MR) is 105 cm³/mol. The second kappa shape index (κ2) is 7.76. The van der Waals surface area contributed by atoms with Crippen molar-refractivity contribution in [2.45, 2.75) is 13.1 Å². The standard InChI is InChI=1S/C22H23N3O2/c1-27-19-6-4-5-17(13-19)14-25-12-11-24(16-22(25)26)15-18-9-10-23-21-8-3-2-7-20(18)21/h2-10,13H,11-12,14-16H2,1H3. The van der Waals surface area contributed by atoms with Gasteiger partial charge in [0.1, 0.15) is 5.75 Å². The molecule has 138 valence electrons. The lowest BCUT2D eigenvalue weighted by Gasteiger charge is -2.34. The number of fused-ring (bicyclic) bond motifs is 1. The summed E-state index contributed by atoms with van der Waals surface area (Å²) in [6.07, 6.45) is 1.85. The summed E-state index contributed by atoms with van der Waals surface area (Å²) in [5.74, 6) is 0.991. The van der Waals surface area contributed by atoms with Gasteiger partial charge in [-0.3, -0.25) is 14.7 Å². The van der Waals surface area contributed by atoms with Crippen molar-refractivity contribution in [1.82, 2.24) is 14.8 Å². The van der Waals surface area contributed by atoms with E-state index in [1.807, 2.05) is 53.6 Å². The Morgan fingerprint density at radius 3 is 2.78 bits per heavy atom. The number of rotatable bonds is 5. The summed E-state index contributed by atoms with van der Waals surface area (Å²) in [6, 6.07) is 18.1. The van der Waals surface area contributed by atoms with Gasteiger partial charge in [-0.05, 0) is 35.4 Å². The van der Waals surface area contributed by atoms with E-state index in [1.54, 1.807) is 7.11 Å². The third-order valence-corrected chi connectivity index (χ3v) is 5.04. The molecule has 1 amide bonds. The molecule has 1 aliphatic rings. The quantitative estimate of drug-likeness (QED) is 0.701. The number of benzene rings is 2. The Hall–Kier alpha value is -2.92. The van der Waals surface area contributed by atoms with E-state index in [-0.39, 0.29) is 5.91 Å². The van der Waals surface area contributed by atoms with Gasteiger partial charge in [-0.2, -0.15) is 0 Å². The van der Waals surface area contributed by atoms with Crippen molar-refractivity contribution in [2.24, 2.45) is 0 Å². The average Bonchev–Trinajstić information content (AvgIpc) is 2.70. The van der Waals surface area contributed by atoms with Crippen molar-refractivity contribution in [3.05, 3.63) is 71.9 Å². The minimum Gasteiger partial charge on any atom is -0.497 e. The number of ether oxygens (including phenoxy) is 1. The Morgan fingerprint density at radius 2 is 1.93 bits per heavy atom. The number of amides is 1. The number of carbonyl (C=O) groups excluding carboxylic acids is 1.